The molecule has 0 bridgehead atoms. The van der Waals surface area contributed by atoms with Crippen molar-refractivity contribution in [2.45, 2.75) is 6.04 Å². The number of halogens is 1. The number of hydrogen-bond acceptors (Lipinski definition) is 6. The van der Waals surface area contributed by atoms with Crippen LogP contribution >= 0.6 is 11.6 Å². The van der Waals surface area contributed by atoms with Crippen LogP contribution in [0.4, 0.5) is 5.95 Å². The number of benzene rings is 1. The van der Waals surface area contributed by atoms with Crippen LogP contribution in [0.1, 0.15) is 11.6 Å². The van der Waals surface area contributed by atoms with Gasteiger partial charge in [0.15, 0.2) is 5.82 Å². The number of nitrogens with one attached hydrogen (secondary N) is 2. The molecule has 0 radical (unpaired) electrons. The summed E-state index contributed by atoms with van der Waals surface area (Å²) in [4.78, 5) is 12.6. The maximum atomic E-state index is 6.24. The fourth-order valence-corrected chi connectivity index (χ4v) is 2.52. The van der Waals surface area contributed by atoms with Gasteiger partial charge in [0, 0.05) is 24.2 Å². The van der Waals surface area contributed by atoms with E-state index in [1.807, 2.05) is 18.2 Å². The number of aromatic nitrogens is 3. The minimum atomic E-state index is 0.141. The van der Waals surface area contributed by atoms with Gasteiger partial charge in [-0.1, -0.05) is 11.6 Å². The van der Waals surface area contributed by atoms with Crippen LogP contribution in [0.15, 0.2) is 24.5 Å². The van der Waals surface area contributed by atoms with Gasteiger partial charge in [-0.2, -0.15) is 4.98 Å². The number of nitrogens with zero attached hydrogens (tertiary/aromatic N) is 3. The Hall–Kier alpha value is -1.76. The Bertz CT molecular complexity index is 631. The molecule has 21 heavy (non-hydrogen) atoms. The molecule has 2 N–H and O–H groups in total. The van der Waals surface area contributed by atoms with Crippen LogP contribution in [0.25, 0.3) is 11.4 Å². The second-order valence-electron chi connectivity index (χ2n) is 4.74. The lowest BCUT2D eigenvalue weighted by atomic mass is 10.0. The van der Waals surface area contributed by atoms with E-state index < -0.39 is 0 Å². The quantitative estimate of drug-likeness (QED) is 0.902. The van der Waals surface area contributed by atoms with Crippen molar-refractivity contribution in [2.24, 2.45) is 0 Å². The van der Waals surface area contributed by atoms with Crippen LogP contribution in [-0.2, 0) is 4.74 Å². The number of hydrogen-bond donors (Lipinski definition) is 2. The summed E-state index contributed by atoms with van der Waals surface area (Å²) in [6.07, 6.45) is 1.48. The van der Waals surface area contributed by atoms with Crippen LogP contribution < -0.4 is 10.6 Å². The van der Waals surface area contributed by atoms with E-state index in [0.717, 1.165) is 24.3 Å². The summed E-state index contributed by atoms with van der Waals surface area (Å²) in [5.74, 6) is 1.12. The van der Waals surface area contributed by atoms with Crippen molar-refractivity contribution < 1.29 is 4.74 Å². The van der Waals surface area contributed by atoms with Crippen molar-refractivity contribution in [1.82, 2.24) is 20.3 Å². The average Bonchev–Trinajstić information content (AvgIpc) is 2.55. The van der Waals surface area contributed by atoms with Gasteiger partial charge in [-0.3, -0.25) is 0 Å². The minimum Gasteiger partial charge on any atom is -0.378 e. The van der Waals surface area contributed by atoms with Crippen LogP contribution in [0.2, 0.25) is 5.02 Å². The van der Waals surface area contributed by atoms with Crippen molar-refractivity contribution in [3.05, 3.63) is 35.1 Å². The SMILES string of the molecule is CNc1ncnc(-c2cc(Cl)cc(C3COCCN3)c2)n1. The van der Waals surface area contributed by atoms with E-state index in [1.54, 1.807) is 7.05 Å². The molecule has 1 aliphatic heterocycles. The zero-order valence-electron chi connectivity index (χ0n) is 11.6. The molecule has 3 rings (SSSR count). The lowest BCUT2D eigenvalue weighted by Gasteiger charge is -2.24. The van der Waals surface area contributed by atoms with Crippen molar-refractivity contribution in [1.29, 1.82) is 0 Å². The monoisotopic (exact) mass is 305 g/mol. The Morgan fingerprint density at radius 1 is 1.33 bits per heavy atom. The molecular formula is C14H16ClN5O. The summed E-state index contributed by atoms with van der Waals surface area (Å²) in [7, 11) is 1.77. The smallest absolute Gasteiger partial charge is 0.225 e. The van der Waals surface area contributed by atoms with E-state index in [0.29, 0.717) is 23.4 Å². The Labute approximate surface area is 127 Å². The van der Waals surface area contributed by atoms with Crippen LogP contribution in [-0.4, -0.2) is 41.8 Å². The fraction of sp³-hybridized carbons (Fsp3) is 0.357. The van der Waals surface area contributed by atoms with E-state index in [1.165, 1.54) is 6.33 Å². The molecule has 0 amide bonds. The molecule has 2 aromatic rings. The van der Waals surface area contributed by atoms with Crippen molar-refractivity contribution in [3.63, 3.8) is 0 Å². The van der Waals surface area contributed by atoms with Gasteiger partial charge in [0.2, 0.25) is 5.95 Å². The third-order valence-electron chi connectivity index (χ3n) is 3.30. The molecule has 1 atom stereocenters. The zero-order chi connectivity index (χ0) is 14.7. The van der Waals surface area contributed by atoms with Crippen LogP contribution in [0.3, 0.4) is 0 Å². The highest BCUT2D eigenvalue weighted by molar-refractivity contribution is 6.30. The van der Waals surface area contributed by atoms with E-state index in [2.05, 4.69) is 25.6 Å². The van der Waals surface area contributed by atoms with Gasteiger partial charge in [0.05, 0.1) is 19.3 Å². The number of ether oxygens (including phenoxy) is 1. The predicted molar refractivity (Wildman–Crippen MR) is 81.4 cm³/mol. The normalized spacial score (nSPS) is 18.5. The van der Waals surface area contributed by atoms with Crippen molar-refractivity contribution in [2.75, 3.05) is 32.1 Å². The Morgan fingerprint density at radius 2 is 2.24 bits per heavy atom. The molecular weight excluding hydrogens is 290 g/mol. The first-order chi connectivity index (χ1) is 10.3. The summed E-state index contributed by atoms with van der Waals surface area (Å²) in [5.41, 5.74) is 1.94. The lowest BCUT2D eigenvalue weighted by molar-refractivity contribution is 0.0769. The molecule has 0 spiro atoms. The van der Waals surface area contributed by atoms with Gasteiger partial charge in [-0.05, 0) is 23.8 Å². The van der Waals surface area contributed by atoms with Gasteiger partial charge in [-0.15, -0.1) is 0 Å². The highest BCUT2D eigenvalue weighted by atomic mass is 35.5. The molecule has 7 heteroatoms. The van der Waals surface area contributed by atoms with E-state index in [9.17, 15) is 0 Å². The first-order valence-electron chi connectivity index (χ1n) is 6.75. The Kier molecular flexibility index (Phi) is 4.28. The highest BCUT2D eigenvalue weighted by Gasteiger charge is 2.17. The van der Waals surface area contributed by atoms with E-state index >= 15 is 0 Å². The fourth-order valence-electron chi connectivity index (χ4n) is 2.28. The van der Waals surface area contributed by atoms with Gasteiger partial charge in [0.25, 0.3) is 0 Å². The maximum Gasteiger partial charge on any atom is 0.225 e. The van der Waals surface area contributed by atoms with Gasteiger partial charge < -0.3 is 15.4 Å². The molecule has 2 heterocycles. The Morgan fingerprint density at radius 3 is 3.00 bits per heavy atom. The second-order valence-corrected chi connectivity index (χ2v) is 5.17. The topological polar surface area (TPSA) is 72.0 Å². The Balaban J connectivity index is 1.96. The summed E-state index contributed by atoms with van der Waals surface area (Å²) in [6.45, 7) is 2.21. The minimum absolute atomic E-state index is 0.141. The van der Waals surface area contributed by atoms with E-state index in [-0.39, 0.29) is 6.04 Å². The summed E-state index contributed by atoms with van der Waals surface area (Å²) >= 11 is 6.24. The van der Waals surface area contributed by atoms with Gasteiger partial charge in [0.1, 0.15) is 6.33 Å². The standard InChI is InChI=1S/C14H16ClN5O/c1-16-14-19-8-18-13(20-14)10-4-9(5-11(15)6-10)12-7-21-3-2-17-12/h4-6,8,12,17H,2-3,7H2,1H3,(H,16,18,19,20). The molecule has 0 aliphatic carbocycles. The molecule has 110 valence electrons. The second kappa shape index (κ2) is 6.34. The zero-order valence-corrected chi connectivity index (χ0v) is 12.4. The first kappa shape index (κ1) is 14.2. The predicted octanol–water partition coefficient (Wildman–Crippen LogP) is 1.89. The lowest BCUT2D eigenvalue weighted by Crippen LogP contribution is -2.34. The molecule has 6 nitrogen and oxygen atoms in total. The number of rotatable bonds is 3. The maximum absolute atomic E-state index is 6.24. The summed E-state index contributed by atoms with van der Waals surface area (Å²) < 4.78 is 5.50. The van der Waals surface area contributed by atoms with Crippen LogP contribution in [0, 0.1) is 0 Å². The molecule has 1 aromatic carbocycles. The third-order valence-corrected chi connectivity index (χ3v) is 3.52. The molecule has 0 saturated carbocycles. The molecule has 1 aromatic heterocycles. The molecule has 1 aliphatic rings. The van der Waals surface area contributed by atoms with E-state index in [4.69, 9.17) is 16.3 Å². The molecule has 1 fully saturated rings. The molecule has 1 saturated heterocycles. The number of anilines is 1. The van der Waals surface area contributed by atoms with Crippen molar-refractivity contribution >= 4 is 17.5 Å². The van der Waals surface area contributed by atoms with Crippen molar-refractivity contribution in [3.8, 4) is 11.4 Å². The number of morpholine rings is 1. The first-order valence-corrected chi connectivity index (χ1v) is 7.13. The highest BCUT2D eigenvalue weighted by Crippen LogP contribution is 2.26. The molecule has 1 unspecified atom stereocenters. The summed E-state index contributed by atoms with van der Waals surface area (Å²) in [5, 5.41) is 6.97. The van der Waals surface area contributed by atoms with Gasteiger partial charge >= 0.3 is 0 Å². The third kappa shape index (κ3) is 3.29. The van der Waals surface area contributed by atoms with Gasteiger partial charge in [-0.25, -0.2) is 9.97 Å². The summed E-state index contributed by atoms with van der Waals surface area (Å²) in [6, 6.07) is 5.97. The average molecular weight is 306 g/mol. The van der Waals surface area contributed by atoms with Crippen LogP contribution in [0.5, 0.6) is 0 Å². The largest absolute Gasteiger partial charge is 0.378 e.